The summed E-state index contributed by atoms with van der Waals surface area (Å²) in [5, 5.41) is 10.1. The van der Waals surface area contributed by atoms with E-state index in [1.54, 1.807) is 32.3 Å². The topological polar surface area (TPSA) is 75.7 Å². The lowest BCUT2D eigenvalue weighted by Crippen LogP contribution is -1.99. The van der Waals surface area contributed by atoms with Crippen LogP contribution in [0, 0.1) is 12.7 Å². The molecule has 20 heavy (non-hydrogen) atoms. The minimum atomic E-state index is -0.325. The summed E-state index contributed by atoms with van der Waals surface area (Å²) in [7, 11) is 1.70. The molecule has 0 unspecified atom stereocenters. The number of aromatic amines is 1. The normalized spacial score (nSPS) is 10.8. The molecule has 2 N–H and O–H groups in total. The number of hydrogen-bond donors (Lipinski definition) is 2. The maximum atomic E-state index is 13.5. The molecule has 0 aliphatic heterocycles. The molecule has 0 spiro atoms. The van der Waals surface area contributed by atoms with Gasteiger partial charge in [-0.2, -0.15) is 15.1 Å². The van der Waals surface area contributed by atoms with Gasteiger partial charge in [-0.05, 0) is 18.6 Å². The SMILES string of the molecule is CNc1nc(Oc2ccc(C)c(F)c2)c2cn[nH]c2n1. The summed E-state index contributed by atoms with van der Waals surface area (Å²) < 4.78 is 19.2. The summed E-state index contributed by atoms with van der Waals surface area (Å²) in [6.45, 7) is 1.69. The summed E-state index contributed by atoms with van der Waals surface area (Å²) >= 11 is 0. The van der Waals surface area contributed by atoms with E-state index in [2.05, 4.69) is 25.5 Å². The van der Waals surface area contributed by atoms with Crippen LogP contribution in [-0.4, -0.2) is 27.2 Å². The van der Waals surface area contributed by atoms with E-state index < -0.39 is 0 Å². The second kappa shape index (κ2) is 4.76. The molecule has 6 nitrogen and oxygen atoms in total. The van der Waals surface area contributed by atoms with Crippen LogP contribution >= 0.6 is 0 Å². The Morgan fingerprint density at radius 1 is 1.30 bits per heavy atom. The molecule has 3 rings (SSSR count). The van der Waals surface area contributed by atoms with Crippen molar-refractivity contribution in [1.29, 1.82) is 0 Å². The molecular weight excluding hydrogens is 261 g/mol. The standard InChI is InChI=1S/C13H12FN5O/c1-7-3-4-8(5-10(7)14)20-12-9-6-16-19-11(9)17-13(15-2)18-12/h3-6H,1-2H3,(H2,15,16,17,18,19). The van der Waals surface area contributed by atoms with E-state index >= 15 is 0 Å². The third-order valence-corrected chi connectivity index (χ3v) is 2.86. The first kappa shape index (κ1) is 12.3. The average Bonchev–Trinajstić information content (AvgIpc) is 2.91. The van der Waals surface area contributed by atoms with Crippen LogP contribution in [0.3, 0.4) is 0 Å². The first-order chi connectivity index (χ1) is 9.67. The highest BCUT2D eigenvalue weighted by Crippen LogP contribution is 2.28. The van der Waals surface area contributed by atoms with Gasteiger partial charge in [-0.15, -0.1) is 0 Å². The average molecular weight is 273 g/mol. The zero-order valence-electron chi connectivity index (χ0n) is 10.9. The number of aryl methyl sites for hydroxylation is 1. The Hall–Kier alpha value is -2.70. The Morgan fingerprint density at radius 2 is 2.15 bits per heavy atom. The molecule has 0 radical (unpaired) electrons. The number of ether oxygens (including phenoxy) is 1. The number of aromatic nitrogens is 4. The number of hydrogen-bond acceptors (Lipinski definition) is 5. The van der Waals surface area contributed by atoms with Gasteiger partial charge in [0, 0.05) is 13.1 Å². The second-order valence-electron chi connectivity index (χ2n) is 4.25. The third kappa shape index (κ3) is 2.13. The van der Waals surface area contributed by atoms with Crippen LogP contribution in [0.4, 0.5) is 10.3 Å². The molecule has 3 aromatic rings. The van der Waals surface area contributed by atoms with Gasteiger partial charge in [0.25, 0.3) is 0 Å². The Balaban J connectivity index is 2.04. The van der Waals surface area contributed by atoms with Gasteiger partial charge in [0.15, 0.2) is 5.65 Å². The molecule has 2 heterocycles. The first-order valence-corrected chi connectivity index (χ1v) is 6.00. The van der Waals surface area contributed by atoms with Gasteiger partial charge < -0.3 is 10.1 Å². The quantitative estimate of drug-likeness (QED) is 0.767. The van der Waals surface area contributed by atoms with Gasteiger partial charge in [0.1, 0.15) is 17.0 Å². The van der Waals surface area contributed by atoms with Crippen molar-refractivity contribution in [3.63, 3.8) is 0 Å². The van der Waals surface area contributed by atoms with E-state index in [1.165, 1.54) is 6.07 Å². The van der Waals surface area contributed by atoms with E-state index in [0.717, 1.165) is 0 Å². The van der Waals surface area contributed by atoms with Crippen molar-refractivity contribution >= 4 is 17.0 Å². The van der Waals surface area contributed by atoms with E-state index in [0.29, 0.717) is 34.2 Å². The highest BCUT2D eigenvalue weighted by atomic mass is 19.1. The maximum absolute atomic E-state index is 13.5. The van der Waals surface area contributed by atoms with Crippen molar-refractivity contribution in [1.82, 2.24) is 20.2 Å². The predicted molar refractivity (Wildman–Crippen MR) is 72.4 cm³/mol. The van der Waals surface area contributed by atoms with Crippen LogP contribution in [-0.2, 0) is 0 Å². The fourth-order valence-corrected chi connectivity index (χ4v) is 1.75. The Bertz CT molecular complexity index is 771. The molecule has 0 amide bonds. The number of rotatable bonds is 3. The second-order valence-corrected chi connectivity index (χ2v) is 4.25. The largest absolute Gasteiger partial charge is 0.438 e. The Kier molecular flexibility index (Phi) is 2.94. The fraction of sp³-hybridized carbons (Fsp3) is 0.154. The molecule has 2 aromatic heterocycles. The lowest BCUT2D eigenvalue weighted by atomic mass is 10.2. The lowest BCUT2D eigenvalue weighted by molar-refractivity contribution is 0.463. The third-order valence-electron chi connectivity index (χ3n) is 2.86. The van der Waals surface area contributed by atoms with Crippen molar-refractivity contribution in [2.75, 3.05) is 12.4 Å². The van der Waals surface area contributed by atoms with Crippen molar-refractivity contribution in [3.05, 3.63) is 35.8 Å². The molecule has 0 bridgehead atoms. The van der Waals surface area contributed by atoms with Crippen LogP contribution < -0.4 is 10.1 Å². The molecule has 0 aliphatic rings. The van der Waals surface area contributed by atoms with Gasteiger partial charge in [0.2, 0.25) is 11.8 Å². The van der Waals surface area contributed by atoms with Crippen molar-refractivity contribution in [2.24, 2.45) is 0 Å². The zero-order chi connectivity index (χ0) is 14.1. The molecule has 102 valence electrons. The number of nitrogens with one attached hydrogen (secondary N) is 2. The van der Waals surface area contributed by atoms with Gasteiger partial charge in [-0.1, -0.05) is 6.07 Å². The van der Waals surface area contributed by atoms with Gasteiger partial charge in [-0.3, -0.25) is 5.10 Å². The molecule has 0 saturated carbocycles. The summed E-state index contributed by atoms with van der Waals surface area (Å²) in [6.07, 6.45) is 1.56. The van der Waals surface area contributed by atoms with Gasteiger partial charge in [-0.25, -0.2) is 4.39 Å². The van der Waals surface area contributed by atoms with Crippen molar-refractivity contribution < 1.29 is 9.13 Å². The maximum Gasteiger partial charge on any atom is 0.235 e. The van der Waals surface area contributed by atoms with Crippen molar-refractivity contribution in [2.45, 2.75) is 6.92 Å². The predicted octanol–water partition coefficient (Wildman–Crippen LogP) is 2.63. The molecule has 0 atom stereocenters. The van der Waals surface area contributed by atoms with E-state index in [1.807, 2.05) is 0 Å². The summed E-state index contributed by atoms with van der Waals surface area (Å²) in [6, 6.07) is 4.66. The smallest absolute Gasteiger partial charge is 0.235 e. The van der Waals surface area contributed by atoms with Crippen LogP contribution in [0.1, 0.15) is 5.56 Å². The minimum Gasteiger partial charge on any atom is -0.438 e. The van der Waals surface area contributed by atoms with E-state index in [-0.39, 0.29) is 5.82 Å². The first-order valence-electron chi connectivity index (χ1n) is 6.00. The number of halogens is 1. The van der Waals surface area contributed by atoms with Crippen LogP contribution in [0.25, 0.3) is 11.0 Å². The Labute approximate surface area is 114 Å². The van der Waals surface area contributed by atoms with E-state index in [4.69, 9.17) is 4.74 Å². The monoisotopic (exact) mass is 273 g/mol. The van der Waals surface area contributed by atoms with Crippen LogP contribution in [0.5, 0.6) is 11.6 Å². The molecule has 0 aliphatic carbocycles. The highest BCUT2D eigenvalue weighted by molar-refractivity contribution is 5.80. The molecule has 0 saturated heterocycles. The van der Waals surface area contributed by atoms with Crippen LogP contribution in [0.15, 0.2) is 24.4 Å². The number of H-pyrrole nitrogens is 1. The minimum absolute atomic E-state index is 0.316. The molecule has 0 fully saturated rings. The number of nitrogens with zero attached hydrogens (tertiary/aromatic N) is 3. The fourth-order valence-electron chi connectivity index (χ4n) is 1.75. The molecular formula is C13H12FN5O. The van der Waals surface area contributed by atoms with Crippen LogP contribution in [0.2, 0.25) is 0 Å². The summed E-state index contributed by atoms with van der Waals surface area (Å²) in [5.74, 6) is 0.755. The lowest BCUT2D eigenvalue weighted by Gasteiger charge is -2.08. The number of anilines is 1. The number of benzene rings is 1. The number of fused-ring (bicyclic) bond motifs is 1. The molecule has 7 heteroatoms. The zero-order valence-corrected chi connectivity index (χ0v) is 10.9. The van der Waals surface area contributed by atoms with Gasteiger partial charge >= 0.3 is 0 Å². The van der Waals surface area contributed by atoms with E-state index in [9.17, 15) is 4.39 Å². The Morgan fingerprint density at radius 3 is 2.90 bits per heavy atom. The molecule has 1 aromatic carbocycles. The summed E-state index contributed by atoms with van der Waals surface area (Å²) in [5.41, 5.74) is 1.11. The summed E-state index contributed by atoms with van der Waals surface area (Å²) in [4.78, 5) is 8.41. The van der Waals surface area contributed by atoms with Gasteiger partial charge in [0.05, 0.1) is 6.20 Å². The highest BCUT2D eigenvalue weighted by Gasteiger charge is 2.11. The van der Waals surface area contributed by atoms with Crippen molar-refractivity contribution in [3.8, 4) is 11.6 Å².